The molecule has 0 unspecified atom stereocenters. The summed E-state index contributed by atoms with van der Waals surface area (Å²) in [6.45, 7) is 9.24. The molecule has 1 saturated heterocycles. The average molecular weight is 444 g/mol. The summed E-state index contributed by atoms with van der Waals surface area (Å²) in [4.78, 5) is 19.2. The number of hydrogen-bond acceptors (Lipinski definition) is 5. The number of ether oxygens (including phenoxy) is 2. The minimum Gasteiger partial charge on any atom is -0.487 e. The Morgan fingerprint density at radius 3 is 2.62 bits per heavy atom. The number of benzene rings is 1. The number of hydrogen-bond donors (Lipinski definition) is 1. The summed E-state index contributed by atoms with van der Waals surface area (Å²) in [7, 11) is 0. The van der Waals surface area contributed by atoms with Crippen LogP contribution in [0.15, 0.2) is 36.5 Å². The Bertz CT molecular complexity index is 960. The Labute approximate surface area is 190 Å². The molecule has 2 aromatic rings. The summed E-state index contributed by atoms with van der Waals surface area (Å²) in [5, 5.41) is 3.28. The van der Waals surface area contributed by atoms with E-state index in [-0.39, 0.29) is 25.4 Å². The van der Waals surface area contributed by atoms with Gasteiger partial charge in [-0.15, -0.1) is 0 Å². The fourth-order valence-corrected chi connectivity index (χ4v) is 4.56. The number of rotatable bonds is 5. The molecule has 0 bridgehead atoms. The molecule has 0 saturated carbocycles. The Balaban J connectivity index is 0.00000306. The van der Waals surface area contributed by atoms with Crippen LogP contribution < -0.4 is 10.1 Å². The highest BCUT2D eigenvalue weighted by molar-refractivity contribution is 5.92. The molecule has 2 aliphatic heterocycles. The third kappa shape index (κ3) is 4.88. The second kappa shape index (κ2) is 9.06. The van der Waals surface area contributed by atoms with Gasteiger partial charge in [0.05, 0.1) is 24.1 Å². The van der Waals surface area contributed by atoms with Gasteiger partial charge in [-0.2, -0.15) is 0 Å². The first-order chi connectivity index (χ1) is 15.2. The van der Waals surface area contributed by atoms with Crippen LogP contribution in [0, 0.1) is 5.82 Å². The number of aromatic nitrogens is 1. The van der Waals surface area contributed by atoms with Crippen molar-refractivity contribution < 1.29 is 20.1 Å². The lowest BCUT2D eigenvalue weighted by atomic mass is 9.81. The number of amides is 1. The SMILES string of the molecule is CC(C)Nc1ccc(C(=O)N2CCC3(CC2)C[C@@H](OC(C)C)c2cc(F)ccc2O3)nc1.[HH]. The van der Waals surface area contributed by atoms with E-state index in [0.717, 1.165) is 11.3 Å². The number of piperidine rings is 1. The van der Waals surface area contributed by atoms with Gasteiger partial charge in [-0.25, -0.2) is 9.37 Å². The lowest BCUT2D eigenvalue weighted by Gasteiger charge is -2.47. The van der Waals surface area contributed by atoms with Gasteiger partial charge in [0.2, 0.25) is 0 Å². The van der Waals surface area contributed by atoms with Crippen LogP contribution in [-0.2, 0) is 4.74 Å². The lowest BCUT2D eigenvalue weighted by Crippen LogP contribution is -2.52. The zero-order valence-electron chi connectivity index (χ0n) is 19.2. The van der Waals surface area contributed by atoms with Gasteiger partial charge >= 0.3 is 0 Å². The van der Waals surface area contributed by atoms with Gasteiger partial charge in [-0.3, -0.25) is 4.79 Å². The van der Waals surface area contributed by atoms with Gasteiger partial charge in [0.1, 0.15) is 22.9 Å². The van der Waals surface area contributed by atoms with Crippen LogP contribution in [-0.4, -0.2) is 46.6 Å². The first-order valence-electron chi connectivity index (χ1n) is 11.4. The number of halogens is 1. The second-order valence-electron chi connectivity index (χ2n) is 9.37. The highest BCUT2D eigenvalue weighted by atomic mass is 19.1. The summed E-state index contributed by atoms with van der Waals surface area (Å²) >= 11 is 0. The number of anilines is 1. The Morgan fingerprint density at radius 2 is 2.00 bits per heavy atom. The lowest BCUT2D eigenvalue weighted by molar-refractivity contribution is -0.0874. The average Bonchev–Trinajstić information content (AvgIpc) is 2.74. The largest absolute Gasteiger partial charge is 0.487 e. The summed E-state index contributed by atoms with van der Waals surface area (Å²) in [6, 6.07) is 8.59. The third-order valence-electron chi connectivity index (χ3n) is 6.04. The van der Waals surface area contributed by atoms with E-state index < -0.39 is 5.60 Å². The number of carbonyl (C=O) groups is 1. The van der Waals surface area contributed by atoms with Gasteiger partial charge in [0, 0.05) is 45.4 Å². The summed E-state index contributed by atoms with van der Waals surface area (Å²) < 4.78 is 26.4. The van der Waals surface area contributed by atoms with Crippen molar-refractivity contribution in [3.63, 3.8) is 0 Å². The molecule has 32 heavy (non-hydrogen) atoms. The van der Waals surface area contributed by atoms with Crippen LogP contribution in [0.5, 0.6) is 5.75 Å². The van der Waals surface area contributed by atoms with Crippen molar-refractivity contribution in [1.29, 1.82) is 0 Å². The van der Waals surface area contributed by atoms with Crippen molar-refractivity contribution >= 4 is 11.6 Å². The second-order valence-corrected chi connectivity index (χ2v) is 9.37. The maximum absolute atomic E-state index is 13.9. The molecule has 1 atom stereocenters. The number of likely N-dealkylation sites (tertiary alicyclic amines) is 1. The predicted octanol–water partition coefficient (Wildman–Crippen LogP) is 5.21. The molecule has 6 nitrogen and oxygen atoms in total. The first-order valence-corrected chi connectivity index (χ1v) is 11.4. The smallest absolute Gasteiger partial charge is 0.272 e. The van der Waals surface area contributed by atoms with Crippen LogP contribution in [0.4, 0.5) is 10.1 Å². The summed E-state index contributed by atoms with van der Waals surface area (Å²) in [6.07, 6.45) is 3.54. The molecular weight excluding hydrogens is 409 g/mol. The minimum absolute atomic E-state index is 0. The molecule has 7 heteroatoms. The molecular formula is C25H34FN3O3. The van der Waals surface area contributed by atoms with E-state index in [9.17, 15) is 9.18 Å². The van der Waals surface area contributed by atoms with E-state index in [1.54, 1.807) is 18.3 Å². The van der Waals surface area contributed by atoms with E-state index in [1.165, 1.54) is 12.1 Å². The van der Waals surface area contributed by atoms with E-state index in [2.05, 4.69) is 24.1 Å². The third-order valence-corrected chi connectivity index (χ3v) is 6.04. The van der Waals surface area contributed by atoms with Crippen molar-refractivity contribution in [2.45, 2.75) is 70.8 Å². The van der Waals surface area contributed by atoms with Crippen LogP contribution in [0.2, 0.25) is 0 Å². The molecule has 174 valence electrons. The molecule has 0 radical (unpaired) electrons. The quantitative estimate of drug-likeness (QED) is 0.687. The number of carbonyl (C=O) groups excluding carboxylic acids is 1. The zero-order chi connectivity index (χ0) is 22.9. The van der Waals surface area contributed by atoms with Crippen LogP contribution >= 0.6 is 0 Å². The fourth-order valence-electron chi connectivity index (χ4n) is 4.56. The van der Waals surface area contributed by atoms with E-state index in [4.69, 9.17) is 9.47 Å². The van der Waals surface area contributed by atoms with Crippen LogP contribution in [0.1, 0.15) is 70.5 Å². The number of nitrogens with one attached hydrogen (secondary N) is 1. The van der Waals surface area contributed by atoms with E-state index in [1.807, 2.05) is 24.8 Å². The Morgan fingerprint density at radius 1 is 1.25 bits per heavy atom. The fraction of sp³-hybridized carbons (Fsp3) is 0.520. The van der Waals surface area contributed by atoms with Crippen molar-refractivity contribution in [2.24, 2.45) is 0 Å². The summed E-state index contributed by atoms with van der Waals surface area (Å²) in [5.74, 6) is 0.324. The van der Waals surface area contributed by atoms with E-state index >= 15 is 0 Å². The van der Waals surface area contributed by atoms with E-state index in [0.29, 0.717) is 49.8 Å². The van der Waals surface area contributed by atoms with Crippen molar-refractivity contribution in [2.75, 3.05) is 18.4 Å². The van der Waals surface area contributed by atoms with Gasteiger partial charge in [-0.1, -0.05) is 0 Å². The number of fused-ring (bicyclic) bond motifs is 1. The molecule has 2 aliphatic rings. The molecule has 1 amide bonds. The number of pyridine rings is 1. The molecule has 1 aromatic heterocycles. The molecule has 0 aliphatic carbocycles. The zero-order valence-corrected chi connectivity index (χ0v) is 19.2. The monoisotopic (exact) mass is 443 g/mol. The van der Waals surface area contributed by atoms with Crippen LogP contribution in [0.3, 0.4) is 0 Å². The van der Waals surface area contributed by atoms with Gasteiger partial charge in [-0.05, 0) is 58.0 Å². The van der Waals surface area contributed by atoms with Gasteiger partial charge in [0.15, 0.2) is 0 Å². The molecule has 1 N–H and O–H groups in total. The highest BCUT2D eigenvalue weighted by Crippen LogP contribution is 2.46. The maximum atomic E-state index is 13.9. The van der Waals surface area contributed by atoms with Crippen molar-refractivity contribution in [3.05, 3.63) is 53.6 Å². The van der Waals surface area contributed by atoms with Gasteiger partial charge in [0.25, 0.3) is 5.91 Å². The standard InChI is InChI=1S/C25H32FN3O3.H2/c1-16(2)28-19-6-7-21(27-15-19)24(30)29-11-9-25(10-12-29)14-23(31-17(3)4)20-13-18(26)5-8-22(20)32-25;/h5-8,13,15-17,23,28H,9-12,14H2,1-4H3;1H/t23-;/m1./s1. The maximum Gasteiger partial charge on any atom is 0.272 e. The number of nitrogens with zero attached hydrogens (tertiary/aromatic N) is 2. The summed E-state index contributed by atoms with van der Waals surface area (Å²) in [5.41, 5.74) is 1.69. The molecule has 4 rings (SSSR count). The molecule has 3 heterocycles. The Hall–Kier alpha value is -2.67. The van der Waals surface area contributed by atoms with Crippen LogP contribution in [0.25, 0.3) is 0 Å². The van der Waals surface area contributed by atoms with Gasteiger partial charge < -0.3 is 19.7 Å². The minimum atomic E-state index is -0.417. The molecule has 1 spiro atoms. The normalized spacial score (nSPS) is 19.7. The highest BCUT2D eigenvalue weighted by Gasteiger charge is 2.45. The molecule has 1 fully saturated rings. The topological polar surface area (TPSA) is 63.7 Å². The van der Waals surface area contributed by atoms with Crippen molar-refractivity contribution in [1.82, 2.24) is 9.88 Å². The predicted molar refractivity (Wildman–Crippen MR) is 124 cm³/mol. The Kier molecular flexibility index (Phi) is 6.38. The van der Waals surface area contributed by atoms with Crippen molar-refractivity contribution in [3.8, 4) is 5.75 Å². The first kappa shape index (κ1) is 22.5. The molecule has 1 aromatic carbocycles.